The van der Waals surface area contributed by atoms with Gasteiger partial charge >= 0.3 is 23.8 Å². The summed E-state index contributed by atoms with van der Waals surface area (Å²) in [6, 6.07) is 7.70. The van der Waals surface area contributed by atoms with E-state index in [1.54, 1.807) is 37.3 Å². The first-order valence-corrected chi connectivity index (χ1v) is 9.82. The third kappa shape index (κ3) is 6.92. The highest BCUT2D eigenvalue weighted by Gasteiger charge is 2.36. The molecule has 1 aromatic heterocycles. The summed E-state index contributed by atoms with van der Waals surface area (Å²) in [6.07, 6.45) is -8.29. The monoisotopic (exact) mass is 498 g/mol. The SMILES string of the molecule is C/C(=C\Cn1oc(=O)[nH]c1=O)c1cccc(OCC#Cc2cc(C(F)(F)F)cc(C(F)(F)F)c2)c1. The molecule has 35 heavy (non-hydrogen) atoms. The van der Waals surface area contributed by atoms with Crippen LogP contribution < -0.4 is 16.2 Å². The predicted molar refractivity (Wildman–Crippen MR) is 113 cm³/mol. The van der Waals surface area contributed by atoms with Crippen LogP contribution >= 0.6 is 0 Å². The van der Waals surface area contributed by atoms with E-state index in [4.69, 9.17) is 4.74 Å². The van der Waals surface area contributed by atoms with Crippen molar-refractivity contribution in [3.8, 4) is 17.6 Å². The summed E-state index contributed by atoms with van der Waals surface area (Å²) in [5.41, 5.74) is -2.65. The van der Waals surface area contributed by atoms with E-state index in [-0.39, 0.29) is 19.2 Å². The molecule has 3 rings (SSSR count). The van der Waals surface area contributed by atoms with Gasteiger partial charge in [0.15, 0.2) is 0 Å². The normalized spacial score (nSPS) is 12.3. The van der Waals surface area contributed by atoms with Crippen molar-refractivity contribution in [2.45, 2.75) is 25.8 Å². The first kappa shape index (κ1) is 25.5. The van der Waals surface area contributed by atoms with Crippen LogP contribution in [0.1, 0.15) is 29.2 Å². The number of benzene rings is 2. The summed E-state index contributed by atoms with van der Waals surface area (Å²) in [7, 11) is 0. The molecule has 0 bridgehead atoms. The molecule has 0 saturated carbocycles. The van der Waals surface area contributed by atoms with Crippen molar-refractivity contribution in [2.75, 3.05) is 6.61 Å². The van der Waals surface area contributed by atoms with Crippen LogP contribution in [-0.2, 0) is 18.9 Å². The first-order valence-electron chi connectivity index (χ1n) is 9.82. The molecule has 0 aliphatic carbocycles. The van der Waals surface area contributed by atoms with Crippen molar-refractivity contribution in [3.05, 3.63) is 91.8 Å². The molecule has 0 aliphatic heterocycles. The molecule has 0 radical (unpaired) electrons. The van der Waals surface area contributed by atoms with E-state index in [0.29, 0.717) is 29.0 Å². The Morgan fingerprint density at radius 3 is 2.29 bits per heavy atom. The molecule has 12 heteroatoms. The molecular weight excluding hydrogens is 482 g/mol. The fourth-order valence-corrected chi connectivity index (χ4v) is 2.89. The van der Waals surface area contributed by atoms with E-state index < -0.39 is 40.5 Å². The Kier molecular flexibility index (Phi) is 7.28. The number of hydrogen-bond acceptors (Lipinski definition) is 4. The van der Waals surface area contributed by atoms with Crippen molar-refractivity contribution < 1.29 is 35.6 Å². The number of allylic oxidation sites excluding steroid dienone is 2. The Bertz CT molecular complexity index is 1380. The van der Waals surface area contributed by atoms with Crippen molar-refractivity contribution in [1.29, 1.82) is 0 Å². The Hall–Kier alpha value is -4.14. The van der Waals surface area contributed by atoms with Crippen LogP contribution in [-0.4, -0.2) is 16.3 Å². The third-order valence-corrected chi connectivity index (χ3v) is 4.61. The van der Waals surface area contributed by atoms with Crippen LogP contribution in [0.15, 0.2) is 62.7 Å². The van der Waals surface area contributed by atoms with Gasteiger partial charge in [0.2, 0.25) is 0 Å². The molecule has 1 heterocycles. The van der Waals surface area contributed by atoms with E-state index >= 15 is 0 Å². The fourth-order valence-electron chi connectivity index (χ4n) is 2.89. The van der Waals surface area contributed by atoms with Crippen LogP contribution in [0.3, 0.4) is 0 Å². The standard InChI is InChI=1S/C23H16F6N2O4/c1-14(7-8-31-20(32)30-21(33)35-31)16-5-2-6-19(12-16)34-9-3-4-15-10-17(22(24,25)26)13-18(11-15)23(27,28)29/h2,5-7,10-13H,8-9H2,1H3,(H,30,32,33)/b14-7+. The number of ether oxygens (including phenoxy) is 1. The highest BCUT2D eigenvalue weighted by atomic mass is 19.4. The molecule has 3 aromatic rings. The van der Waals surface area contributed by atoms with Crippen molar-refractivity contribution in [1.82, 2.24) is 9.72 Å². The van der Waals surface area contributed by atoms with E-state index in [2.05, 4.69) is 16.4 Å². The zero-order valence-corrected chi connectivity index (χ0v) is 17.9. The lowest BCUT2D eigenvalue weighted by Gasteiger charge is -2.12. The van der Waals surface area contributed by atoms with Crippen LogP contribution in [0.2, 0.25) is 0 Å². The number of nitrogens with zero attached hydrogens (tertiary/aromatic N) is 1. The molecule has 6 nitrogen and oxygen atoms in total. The lowest BCUT2D eigenvalue weighted by molar-refractivity contribution is -0.143. The van der Waals surface area contributed by atoms with Gasteiger partial charge in [-0.2, -0.15) is 26.3 Å². The lowest BCUT2D eigenvalue weighted by atomic mass is 10.0. The number of aromatic nitrogens is 2. The highest BCUT2D eigenvalue weighted by molar-refractivity contribution is 5.64. The van der Waals surface area contributed by atoms with E-state index in [1.165, 1.54) is 0 Å². The van der Waals surface area contributed by atoms with Crippen molar-refractivity contribution in [2.24, 2.45) is 0 Å². The molecule has 0 atom stereocenters. The largest absolute Gasteiger partial charge is 0.481 e. The minimum atomic E-state index is -4.96. The molecule has 0 unspecified atom stereocenters. The first-order chi connectivity index (χ1) is 16.3. The number of rotatable bonds is 5. The Balaban J connectivity index is 1.71. The Morgan fingerprint density at radius 1 is 1.06 bits per heavy atom. The average Bonchev–Trinajstić information content (AvgIpc) is 3.10. The molecule has 1 N–H and O–H groups in total. The number of aromatic amines is 1. The Labute approximate surface area is 193 Å². The zero-order valence-electron chi connectivity index (χ0n) is 17.9. The molecule has 0 amide bonds. The summed E-state index contributed by atoms with van der Waals surface area (Å²) in [5, 5.41) is 0. The quantitative estimate of drug-likeness (QED) is 0.409. The third-order valence-electron chi connectivity index (χ3n) is 4.61. The molecule has 184 valence electrons. The van der Waals surface area contributed by atoms with Crippen molar-refractivity contribution in [3.63, 3.8) is 0 Å². The topological polar surface area (TPSA) is 77.2 Å². The minimum absolute atomic E-state index is 0.00310. The van der Waals surface area contributed by atoms with E-state index in [0.717, 1.165) is 4.74 Å². The molecule has 0 aliphatic rings. The minimum Gasteiger partial charge on any atom is -0.481 e. The van der Waals surface area contributed by atoms with Gasteiger partial charge in [0.1, 0.15) is 12.4 Å². The maximum Gasteiger partial charge on any atom is 0.440 e. The van der Waals surface area contributed by atoms with E-state index in [1.807, 2.05) is 4.98 Å². The second-order valence-corrected chi connectivity index (χ2v) is 7.17. The summed E-state index contributed by atoms with van der Waals surface area (Å²) in [5.74, 6) is 4.14. The molecular formula is C23H16F6N2O4. The number of hydrogen-bond donors (Lipinski definition) is 1. The lowest BCUT2D eigenvalue weighted by Crippen LogP contribution is -2.15. The van der Waals surface area contributed by atoms with Gasteiger partial charge in [-0.15, -0.1) is 4.74 Å². The van der Waals surface area contributed by atoms with Crippen LogP contribution in [0, 0.1) is 11.8 Å². The van der Waals surface area contributed by atoms with Crippen LogP contribution in [0.25, 0.3) is 5.57 Å². The Morgan fingerprint density at radius 2 is 1.71 bits per heavy atom. The van der Waals surface area contributed by atoms with Crippen LogP contribution in [0.4, 0.5) is 26.3 Å². The zero-order chi connectivity index (χ0) is 25.8. The summed E-state index contributed by atoms with van der Waals surface area (Å²) in [4.78, 5) is 24.4. The molecule has 0 saturated heterocycles. The summed E-state index contributed by atoms with van der Waals surface area (Å²) in [6.45, 7) is 1.44. The van der Waals surface area contributed by atoms with Gasteiger partial charge in [-0.3, -0.25) is 0 Å². The number of alkyl halides is 6. The number of nitrogens with one attached hydrogen (secondary N) is 1. The van der Waals surface area contributed by atoms with Crippen molar-refractivity contribution >= 4 is 5.57 Å². The number of H-pyrrole nitrogens is 1. The summed E-state index contributed by atoms with van der Waals surface area (Å²) >= 11 is 0. The van der Waals surface area contributed by atoms with Gasteiger partial charge in [0.05, 0.1) is 17.7 Å². The van der Waals surface area contributed by atoms with Gasteiger partial charge in [-0.1, -0.05) is 30.0 Å². The van der Waals surface area contributed by atoms with Gasteiger partial charge in [0.25, 0.3) is 0 Å². The van der Waals surface area contributed by atoms with Gasteiger partial charge in [-0.25, -0.2) is 14.6 Å². The highest BCUT2D eigenvalue weighted by Crippen LogP contribution is 2.36. The maximum atomic E-state index is 12.9. The fraction of sp³-hybridized carbons (Fsp3) is 0.217. The molecule has 0 fully saturated rings. The second-order valence-electron chi connectivity index (χ2n) is 7.17. The van der Waals surface area contributed by atoms with Gasteiger partial charge in [-0.05, 0) is 48.4 Å². The molecule has 0 spiro atoms. The second kappa shape index (κ2) is 10.0. The predicted octanol–water partition coefficient (Wildman–Crippen LogP) is 4.70. The number of halogens is 6. The van der Waals surface area contributed by atoms with Gasteiger partial charge < -0.3 is 9.26 Å². The van der Waals surface area contributed by atoms with Crippen LogP contribution in [0.5, 0.6) is 5.75 Å². The molecule has 2 aromatic carbocycles. The average molecular weight is 498 g/mol. The smallest absolute Gasteiger partial charge is 0.440 e. The van der Waals surface area contributed by atoms with E-state index in [9.17, 15) is 35.9 Å². The maximum absolute atomic E-state index is 12.9. The van der Waals surface area contributed by atoms with Gasteiger partial charge in [0, 0.05) is 5.56 Å². The summed E-state index contributed by atoms with van der Waals surface area (Å²) < 4.78 is 88.6.